The fraction of sp³-hybridized carbons (Fsp3) is 0.462. The number of aliphatic carboxylic acids is 1. The summed E-state index contributed by atoms with van der Waals surface area (Å²) in [6.45, 7) is 0.484. The second-order valence-corrected chi connectivity index (χ2v) is 9.28. The molecule has 1 atom stereocenters. The van der Waals surface area contributed by atoms with Crippen LogP contribution in [0.25, 0.3) is 11.1 Å². The zero-order valence-electron chi connectivity index (χ0n) is 19.0. The van der Waals surface area contributed by atoms with Gasteiger partial charge in [0.05, 0.1) is 14.2 Å². The van der Waals surface area contributed by atoms with Crippen LogP contribution in [0.2, 0.25) is 0 Å². The minimum Gasteiger partial charge on any atom is -0.493 e. The maximum atomic E-state index is 12.3. The Labute approximate surface area is 193 Å². The Morgan fingerprint density at radius 3 is 2.42 bits per heavy atom. The first kappa shape index (κ1) is 21.6. The Morgan fingerprint density at radius 2 is 1.79 bits per heavy atom. The summed E-state index contributed by atoms with van der Waals surface area (Å²) >= 11 is 0. The van der Waals surface area contributed by atoms with Crippen molar-refractivity contribution in [2.75, 3.05) is 14.2 Å². The van der Waals surface area contributed by atoms with Gasteiger partial charge in [0.25, 0.3) is 5.91 Å². The lowest BCUT2D eigenvalue weighted by molar-refractivity contribution is -0.148. The lowest BCUT2D eigenvalue weighted by Crippen LogP contribution is -2.40. The highest BCUT2D eigenvalue weighted by atomic mass is 16.5. The number of rotatable bonds is 8. The molecule has 1 heterocycles. The highest BCUT2D eigenvalue weighted by Gasteiger charge is 2.60. The maximum Gasteiger partial charge on any atom is 0.313 e. The fourth-order valence-electron chi connectivity index (χ4n) is 5.44. The minimum absolute atomic E-state index is 0.0706. The number of methoxy groups -OCH3 is 2. The zero-order chi connectivity index (χ0) is 23.2. The molecule has 5 rings (SSSR count). The first-order chi connectivity index (χ1) is 16.0. The molecule has 33 heavy (non-hydrogen) atoms. The molecule has 1 aliphatic heterocycles. The van der Waals surface area contributed by atoms with Crippen LogP contribution in [0.15, 0.2) is 30.3 Å². The number of carbonyl (C=O) groups excluding carboxylic acids is 1. The van der Waals surface area contributed by atoms with Crippen molar-refractivity contribution in [3.8, 4) is 28.4 Å². The van der Waals surface area contributed by atoms with Crippen LogP contribution >= 0.6 is 0 Å². The van der Waals surface area contributed by atoms with Crippen molar-refractivity contribution in [3.05, 3.63) is 41.5 Å². The molecule has 2 fully saturated rings. The number of carboxylic acid groups (broad SMARTS) is 1. The summed E-state index contributed by atoms with van der Waals surface area (Å²) in [4.78, 5) is 24.3. The molecule has 0 radical (unpaired) electrons. The van der Waals surface area contributed by atoms with Gasteiger partial charge in [-0.15, -0.1) is 0 Å². The number of ether oxygens (including phenoxy) is 3. The molecule has 0 saturated heterocycles. The normalized spacial score (nSPS) is 19.5. The van der Waals surface area contributed by atoms with E-state index < -0.39 is 17.5 Å². The number of benzene rings is 2. The van der Waals surface area contributed by atoms with Gasteiger partial charge < -0.3 is 24.6 Å². The number of hydrogen-bond acceptors (Lipinski definition) is 5. The topological polar surface area (TPSA) is 94.1 Å². The van der Waals surface area contributed by atoms with Crippen LogP contribution in [-0.4, -0.2) is 37.3 Å². The van der Waals surface area contributed by atoms with Crippen LogP contribution in [0.5, 0.6) is 17.2 Å². The van der Waals surface area contributed by atoms with Crippen LogP contribution in [-0.2, 0) is 11.3 Å². The SMILES string of the molecule is COc1ccc(-c2ccc3c(c2)CNC3=O)c(OC(C2CCCC2)C2(C(=O)O)CC2)c1OC. The van der Waals surface area contributed by atoms with Crippen molar-refractivity contribution in [2.24, 2.45) is 11.3 Å². The van der Waals surface area contributed by atoms with Gasteiger partial charge in [-0.3, -0.25) is 9.59 Å². The van der Waals surface area contributed by atoms with Crippen LogP contribution in [0.3, 0.4) is 0 Å². The van der Waals surface area contributed by atoms with Crippen molar-refractivity contribution in [2.45, 2.75) is 51.2 Å². The summed E-state index contributed by atoms with van der Waals surface area (Å²) in [5.41, 5.74) is 2.42. The van der Waals surface area contributed by atoms with E-state index in [4.69, 9.17) is 14.2 Å². The van der Waals surface area contributed by atoms with Crippen molar-refractivity contribution in [3.63, 3.8) is 0 Å². The third kappa shape index (κ3) is 3.59. The zero-order valence-corrected chi connectivity index (χ0v) is 19.0. The number of hydrogen-bond donors (Lipinski definition) is 2. The van der Waals surface area contributed by atoms with Gasteiger partial charge in [-0.05, 0) is 67.0 Å². The van der Waals surface area contributed by atoms with E-state index in [-0.39, 0.29) is 11.8 Å². The highest BCUT2D eigenvalue weighted by molar-refractivity contribution is 5.99. The van der Waals surface area contributed by atoms with E-state index >= 15 is 0 Å². The minimum atomic E-state index is -0.853. The average Bonchev–Trinajstić information content (AvgIpc) is 3.29. The average molecular weight is 452 g/mol. The molecule has 2 aromatic carbocycles. The van der Waals surface area contributed by atoms with Gasteiger partial charge in [-0.1, -0.05) is 18.9 Å². The monoisotopic (exact) mass is 451 g/mol. The molecule has 7 heteroatoms. The van der Waals surface area contributed by atoms with Gasteiger partial charge in [-0.25, -0.2) is 0 Å². The maximum absolute atomic E-state index is 12.3. The number of carbonyl (C=O) groups is 2. The first-order valence-electron chi connectivity index (χ1n) is 11.5. The van der Waals surface area contributed by atoms with E-state index in [9.17, 15) is 14.7 Å². The van der Waals surface area contributed by atoms with Gasteiger partial charge in [0.2, 0.25) is 5.75 Å². The molecule has 0 bridgehead atoms. The molecule has 1 amide bonds. The Balaban J connectivity index is 1.62. The van der Waals surface area contributed by atoms with Gasteiger partial charge >= 0.3 is 5.97 Å². The first-order valence-corrected chi connectivity index (χ1v) is 11.5. The van der Waals surface area contributed by atoms with Crippen LogP contribution in [0.4, 0.5) is 0 Å². The molecule has 2 saturated carbocycles. The largest absolute Gasteiger partial charge is 0.493 e. The summed E-state index contributed by atoms with van der Waals surface area (Å²) in [6, 6.07) is 9.44. The summed E-state index contributed by atoms with van der Waals surface area (Å²) in [6.07, 6.45) is 4.93. The van der Waals surface area contributed by atoms with Crippen molar-refractivity contribution in [1.29, 1.82) is 0 Å². The molecule has 2 aromatic rings. The Bertz CT molecular complexity index is 1100. The van der Waals surface area contributed by atoms with Crippen molar-refractivity contribution >= 4 is 11.9 Å². The van der Waals surface area contributed by atoms with E-state index in [0.29, 0.717) is 42.2 Å². The third-order valence-corrected chi connectivity index (χ3v) is 7.43. The van der Waals surface area contributed by atoms with Crippen LogP contribution in [0, 0.1) is 11.3 Å². The lowest BCUT2D eigenvalue weighted by atomic mass is 9.86. The van der Waals surface area contributed by atoms with Gasteiger partial charge in [0.1, 0.15) is 11.5 Å². The molecule has 2 N–H and O–H groups in total. The van der Waals surface area contributed by atoms with Gasteiger partial charge in [-0.2, -0.15) is 0 Å². The van der Waals surface area contributed by atoms with Crippen molar-refractivity contribution < 1.29 is 28.9 Å². The Morgan fingerprint density at radius 1 is 1.06 bits per heavy atom. The summed E-state index contributed by atoms with van der Waals surface area (Å²) in [5, 5.41) is 12.9. The van der Waals surface area contributed by atoms with Crippen LogP contribution < -0.4 is 19.5 Å². The summed E-state index contributed by atoms with van der Waals surface area (Å²) in [5.74, 6) is 0.810. The molecule has 1 unspecified atom stereocenters. The second-order valence-electron chi connectivity index (χ2n) is 9.28. The molecule has 3 aliphatic rings. The quantitative estimate of drug-likeness (QED) is 0.617. The highest BCUT2D eigenvalue weighted by Crippen LogP contribution is 2.56. The number of carboxylic acids is 1. The molecular formula is C26H29NO6. The van der Waals surface area contributed by atoms with E-state index in [0.717, 1.165) is 42.4 Å². The molecule has 7 nitrogen and oxygen atoms in total. The summed E-state index contributed by atoms with van der Waals surface area (Å²) in [7, 11) is 3.14. The molecule has 0 spiro atoms. The van der Waals surface area contributed by atoms with E-state index in [2.05, 4.69) is 5.32 Å². The van der Waals surface area contributed by atoms with Gasteiger partial charge in [0.15, 0.2) is 11.5 Å². The van der Waals surface area contributed by atoms with Crippen LogP contribution in [0.1, 0.15) is 54.4 Å². The molecule has 0 aromatic heterocycles. The Hall–Kier alpha value is -3.22. The number of fused-ring (bicyclic) bond motifs is 1. The third-order valence-electron chi connectivity index (χ3n) is 7.43. The van der Waals surface area contributed by atoms with Crippen molar-refractivity contribution in [1.82, 2.24) is 5.32 Å². The Kier molecular flexibility index (Phi) is 5.43. The summed E-state index contributed by atoms with van der Waals surface area (Å²) < 4.78 is 18.0. The van der Waals surface area contributed by atoms with E-state index in [1.165, 1.54) is 0 Å². The van der Waals surface area contributed by atoms with E-state index in [1.807, 2.05) is 30.3 Å². The lowest BCUT2D eigenvalue weighted by Gasteiger charge is -2.32. The molecule has 174 valence electrons. The smallest absolute Gasteiger partial charge is 0.313 e. The fourth-order valence-corrected chi connectivity index (χ4v) is 5.44. The predicted molar refractivity (Wildman–Crippen MR) is 122 cm³/mol. The molecule has 2 aliphatic carbocycles. The standard InChI is InChI=1S/C26H29NO6/c1-31-20-10-9-18(16-7-8-19-17(13-16)14-27-24(19)28)21(22(20)32-2)33-23(15-5-3-4-6-15)26(11-12-26)25(29)30/h7-10,13,15,23H,3-6,11-12,14H2,1-2H3,(H,27,28)(H,29,30). The number of amides is 1. The second kappa shape index (κ2) is 8.28. The predicted octanol–water partition coefficient (Wildman–Crippen LogP) is 4.42. The molecular weight excluding hydrogens is 422 g/mol. The van der Waals surface area contributed by atoms with E-state index in [1.54, 1.807) is 14.2 Å². The number of nitrogens with one attached hydrogen (secondary N) is 1. The van der Waals surface area contributed by atoms with Gasteiger partial charge in [0, 0.05) is 17.7 Å².